The SMILES string of the molecule is CC(C)CC(C)OC(=O)CCC(=O)OCC(F)(F)C(F)F. The standard InChI is InChI=1S/C13H20F4O4/c1-8(2)6-9(3)21-11(19)5-4-10(18)20-7-13(16,17)12(14)15/h8-9,12H,4-7H2,1-3H3. The van der Waals surface area contributed by atoms with Crippen molar-refractivity contribution in [3.8, 4) is 0 Å². The zero-order valence-electron chi connectivity index (χ0n) is 12.2. The summed E-state index contributed by atoms with van der Waals surface area (Å²) in [4.78, 5) is 22.4. The summed E-state index contributed by atoms with van der Waals surface area (Å²) in [7, 11) is 0. The van der Waals surface area contributed by atoms with E-state index in [0.29, 0.717) is 12.3 Å². The fourth-order valence-electron chi connectivity index (χ4n) is 1.51. The van der Waals surface area contributed by atoms with Gasteiger partial charge in [-0.15, -0.1) is 0 Å². The number of hydrogen-bond donors (Lipinski definition) is 0. The van der Waals surface area contributed by atoms with Crippen molar-refractivity contribution in [3.05, 3.63) is 0 Å². The Balaban J connectivity index is 3.95. The predicted molar refractivity (Wildman–Crippen MR) is 66.2 cm³/mol. The van der Waals surface area contributed by atoms with Crippen LogP contribution in [0.5, 0.6) is 0 Å². The zero-order valence-corrected chi connectivity index (χ0v) is 12.2. The molecule has 0 heterocycles. The number of halogens is 4. The molecule has 0 N–H and O–H groups in total. The third-order valence-electron chi connectivity index (χ3n) is 2.41. The van der Waals surface area contributed by atoms with Crippen LogP contribution in [0.4, 0.5) is 17.6 Å². The van der Waals surface area contributed by atoms with Gasteiger partial charge < -0.3 is 9.47 Å². The van der Waals surface area contributed by atoms with Crippen LogP contribution < -0.4 is 0 Å². The van der Waals surface area contributed by atoms with E-state index in [1.165, 1.54) is 0 Å². The van der Waals surface area contributed by atoms with E-state index in [-0.39, 0.29) is 12.5 Å². The lowest BCUT2D eigenvalue weighted by atomic mass is 10.1. The Bertz CT molecular complexity index is 345. The molecule has 0 radical (unpaired) electrons. The summed E-state index contributed by atoms with van der Waals surface area (Å²) in [6.07, 6.45) is -4.42. The highest BCUT2D eigenvalue weighted by atomic mass is 19.3. The van der Waals surface area contributed by atoms with E-state index in [4.69, 9.17) is 4.74 Å². The molecular weight excluding hydrogens is 296 g/mol. The van der Waals surface area contributed by atoms with Gasteiger partial charge in [-0.25, -0.2) is 8.78 Å². The molecular formula is C13H20F4O4. The molecule has 0 aromatic heterocycles. The van der Waals surface area contributed by atoms with E-state index >= 15 is 0 Å². The first-order valence-electron chi connectivity index (χ1n) is 6.55. The molecule has 0 aliphatic carbocycles. The molecule has 21 heavy (non-hydrogen) atoms. The van der Waals surface area contributed by atoms with Crippen molar-refractivity contribution >= 4 is 11.9 Å². The Hall–Kier alpha value is -1.34. The molecule has 0 fully saturated rings. The molecule has 1 atom stereocenters. The van der Waals surface area contributed by atoms with E-state index in [1.807, 2.05) is 13.8 Å². The molecule has 0 bridgehead atoms. The van der Waals surface area contributed by atoms with Crippen molar-refractivity contribution in [1.29, 1.82) is 0 Å². The van der Waals surface area contributed by atoms with Crippen molar-refractivity contribution in [3.63, 3.8) is 0 Å². The lowest BCUT2D eigenvalue weighted by Crippen LogP contribution is -2.33. The lowest BCUT2D eigenvalue weighted by molar-refractivity contribution is -0.180. The van der Waals surface area contributed by atoms with Gasteiger partial charge in [0.2, 0.25) is 0 Å². The molecule has 0 amide bonds. The summed E-state index contributed by atoms with van der Waals surface area (Å²) in [6.45, 7) is 3.89. The molecule has 0 saturated heterocycles. The van der Waals surface area contributed by atoms with Crippen LogP contribution in [0.3, 0.4) is 0 Å². The normalized spacial score (nSPS) is 13.4. The molecule has 0 aliphatic heterocycles. The summed E-state index contributed by atoms with van der Waals surface area (Å²) in [6, 6.07) is 0. The second-order valence-electron chi connectivity index (χ2n) is 5.15. The van der Waals surface area contributed by atoms with Crippen molar-refractivity contribution < 1.29 is 36.6 Å². The minimum atomic E-state index is -4.39. The molecule has 4 nitrogen and oxygen atoms in total. The second kappa shape index (κ2) is 8.84. The fraction of sp³-hybridized carbons (Fsp3) is 0.846. The second-order valence-corrected chi connectivity index (χ2v) is 5.15. The Morgan fingerprint density at radius 3 is 2.05 bits per heavy atom. The molecule has 0 rings (SSSR count). The average molecular weight is 316 g/mol. The van der Waals surface area contributed by atoms with E-state index in [1.54, 1.807) is 6.92 Å². The monoisotopic (exact) mass is 316 g/mol. The van der Waals surface area contributed by atoms with Gasteiger partial charge in [0.1, 0.15) is 0 Å². The maximum atomic E-state index is 12.5. The fourth-order valence-corrected chi connectivity index (χ4v) is 1.51. The zero-order chi connectivity index (χ0) is 16.6. The predicted octanol–water partition coefficient (Wildman–Crippen LogP) is 3.19. The van der Waals surface area contributed by atoms with Crippen LogP contribution in [-0.2, 0) is 19.1 Å². The van der Waals surface area contributed by atoms with Gasteiger partial charge in [0.05, 0.1) is 18.9 Å². The van der Waals surface area contributed by atoms with E-state index in [0.717, 1.165) is 0 Å². The van der Waals surface area contributed by atoms with Crippen LogP contribution in [0.2, 0.25) is 0 Å². The largest absolute Gasteiger partial charge is 0.463 e. The number of esters is 2. The molecule has 0 spiro atoms. The van der Waals surface area contributed by atoms with Crippen LogP contribution in [-0.4, -0.2) is 37.0 Å². The van der Waals surface area contributed by atoms with Gasteiger partial charge in [0, 0.05) is 0 Å². The number of hydrogen-bond acceptors (Lipinski definition) is 4. The van der Waals surface area contributed by atoms with E-state index in [2.05, 4.69) is 4.74 Å². The smallest absolute Gasteiger partial charge is 0.340 e. The van der Waals surface area contributed by atoms with Crippen molar-refractivity contribution in [1.82, 2.24) is 0 Å². The molecule has 8 heteroatoms. The van der Waals surface area contributed by atoms with Gasteiger partial charge in [-0.3, -0.25) is 9.59 Å². The van der Waals surface area contributed by atoms with Crippen molar-refractivity contribution in [2.24, 2.45) is 5.92 Å². The first kappa shape index (κ1) is 19.7. The van der Waals surface area contributed by atoms with Crippen molar-refractivity contribution in [2.75, 3.05) is 6.61 Å². The summed E-state index contributed by atoms with van der Waals surface area (Å²) in [5.74, 6) is -5.87. The number of alkyl halides is 4. The van der Waals surface area contributed by atoms with Crippen LogP contribution >= 0.6 is 0 Å². The highest BCUT2D eigenvalue weighted by Crippen LogP contribution is 2.23. The maximum Gasteiger partial charge on any atom is 0.340 e. The summed E-state index contributed by atoms with van der Waals surface area (Å²) < 4.78 is 57.6. The van der Waals surface area contributed by atoms with Crippen LogP contribution in [0.15, 0.2) is 0 Å². The topological polar surface area (TPSA) is 52.6 Å². The van der Waals surface area contributed by atoms with Gasteiger partial charge >= 0.3 is 24.3 Å². The highest BCUT2D eigenvalue weighted by Gasteiger charge is 2.42. The Kier molecular flexibility index (Phi) is 8.27. The van der Waals surface area contributed by atoms with Gasteiger partial charge in [-0.05, 0) is 19.3 Å². The van der Waals surface area contributed by atoms with Gasteiger partial charge in [0.15, 0.2) is 6.61 Å². The summed E-state index contributed by atoms with van der Waals surface area (Å²) >= 11 is 0. The molecule has 1 unspecified atom stereocenters. The minimum absolute atomic E-state index is 0.323. The Morgan fingerprint density at radius 2 is 1.57 bits per heavy atom. The van der Waals surface area contributed by atoms with E-state index in [9.17, 15) is 27.2 Å². The van der Waals surface area contributed by atoms with Gasteiger partial charge in [0.25, 0.3) is 0 Å². The first-order chi connectivity index (χ1) is 9.54. The average Bonchev–Trinajstić information content (AvgIpc) is 2.32. The number of ether oxygens (including phenoxy) is 2. The molecule has 0 aromatic carbocycles. The van der Waals surface area contributed by atoms with Gasteiger partial charge in [-0.2, -0.15) is 8.78 Å². The number of rotatable bonds is 9. The Morgan fingerprint density at radius 1 is 1.05 bits per heavy atom. The molecule has 0 aromatic rings. The number of carbonyl (C=O) groups excluding carboxylic acids is 2. The molecule has 0 saturated carbocycles. The third-order valence-corrected chi connectivity index (χ3v) is 2.41. The summed E-state index contributed by atoms with van der Waals surface area (Å²) in [5, 5.41) is 0. The van der Waals surface area contributed by atoms with Crippen molar-refractivity contribution in [2.45, 2.75) is 58.5 Å². The highest BCUT2D eigenvalue weighted by molar-refractivity contribution is 5.77. The minimum Gasteiger partial charge on any atom is -0.463 e. The van der Waals surface area contributed by atoms with Crippen LogP contribution in [0, 0.1) is 5.92 Å². The first-order valence-corrected chi connectivity index (χ1v) is 6.55. The molecule has 0 aliphatic rings. The van der Waals surface area contributed by atoms with Crippen LogP contribution in [0.25, 0.3) is 0 Å². The summed E-state index contributed by atoms with van der Waals surface area (Å²) in [5.41, 5.74) is 0. The van der Waals surface area contributed by atoms with E-state index < -0.39 is 37.3 Å². The maximum absolute atomic E-state index is 12.5. The molecule has 124 valence electrons. The lowest BCUT2D eigenvalue weighted by Gasteiger charge is -2.16. The third kappa shape index (κ3) is 9.25. The number of carbonyl (C=O) groups is 2. The Labute approximate surface area is 120 Å². The van der Waals surface area contributed by atoms with Gasteiger partial charge in [-0.1, -0.05) is 13.8 Å². The van der Waals surface area contributed by atoms with Crippen LogP contribution in [0.1, 0.15) is 40.0 Å². The quantitative estimate of drug-likeness (QED) is 0.484.